The molecule has 9 heteroatoms. The van der Waals surface area contributed by atoms with Crippen molar-refractivity contribution in [3.63, 3.8) is 0 Å². The summed E-state index contributed by atoms with van der Waals surface area (Å²) in [6.07, 6.45) is 0. The third-order valence-electron chi connectivity index (χ3n) is 3.41. The first-order valence-corrected chi connectivity index (χ1v) is 9.34. The summed E-state index contributed by atoms with van der Waals surface area (Å²) in [6.45, 7) is 2.21. The molecule has 0 bridgehead atoms. The largest absolute Gasteiger partial charge is 0.382 e. The molecule has 0 aliphatic heterocycles. The van der Waals surface area contributed by atoms with Crippen molar-refractivity contribution in [2.45, 2.75) is 6.92 Å². The highest BCUT2D eigenvalue weighted by Crippen LogP contribution is 2.32. The van der Waals surface area contributed by atoms with Crippen LogP contribution in [0.4, 0.5) is 20.2 Å². The van der Waals surface area contributed by atoms with Crippen LogP contribution < -0.4 is 10.8 Å². The third kappa shape index (κ3) is 5.12. The van der Waals surface area contributed by atoms with Crippen molar-refractivity contribution in [1.82, 2.24) is 5.48 Å². The Kier molecular flexibility index (Phi) is 7.74. The molecule has 2 rings (SSSR count). The lowest BCUT2D eigenvalue weighted by atomic mass is 10.1. The number of methoxy groups -OCH3 is 1. The summed E-state index contributed by atoms with van der Waals surface area (Å²) in [7, 11) is 1.49. The van der Waals surface area contributed by atoms with Gasteiger partial charge in [-0.2, -0.15) is 0 Å². The average Bonchev–Trinajstić information content (AvgIpc) is 2.60. The first-order valence-electron chi connectivity index (χ1n) is 7.47. The van der Waals surface area contributed by atoms with E-state index in [2.05, 4.69) is 49.3 Å². The zero-order valence-electron chi connectivity index (χ0n) is 14.0. The number of halogens is 4. The smallest absolute Gasteiger partial charge is 0.277 e. The Morgan fingerprint density at radius 2 is 1.96 bits per heavy atom. The Labute approximate surface area is 171 Å². The summed E-state index contributed by atoms with van der Waals surface area (Å²) in [5.74, 6) is -2.97. The fourth-order valence-electron chi connectivity index (χ4n) is 2.09. The average molecular weight is 541 g/mol. The van der Waals surface area contributed by atoms with Crippen LogP contribution in [0, 0.1) is 22.1 Å². The predicted octanol–water partition coefficient (Wildman–Crippen LogP) is 4.69. The van der Waals surface area contributed by atoms with Crippen LogP contribution in [-0.2, 0) is 9.57 Å². The molecular formula is C17H16BrF2IN2O3. The SMILES string of the molecule is COCCONC(=O)c1cc(Br)c(F)c(F)c1Nc1ccc(I)cc1C. The monoisotopic (exact) mass is 540 g/mol. The Morgan fingerprint density at radius 1 is 1.23 bits per heavy atom. The van der Waals surface area contributed by atoms with Gasteiger partial charge < -0.3 is 10.1 Å². The second-order valence-electron chi connectivity index (χ2n) is 5.27. The van der Waals surface area contributed by atoms with Gasteiger partial charge in [0.25, 0.3) is 5.91 Å². The van der Waals surface area contributed by atoms with Crippen molar-refractivity contribution < 1.29 is 23.1 Å². The van der Waals surface area contributed by atoms with Gasteiger partial charge in [-0.25, -0.2) is 14.3 Å². The minimum atomic E-state index is -1.17. The van der Waals surface area contributed by atoms with E-state index in [0.29, 0.717) is 5.69 Å². The summed E-state index contributed by atoms with van der Waals surface area (Å²) >= 11 is 5.07. The van der Waals surface area contributed by atoms with Gasteiger partial charge in [0.2, 0.25) is 0 Å². The number of aryl methyl sites for hydroxylation is 1. The molecule has 0 aromatic heterocycles. The van der Waals surface area contributed by atoms with Crippen LogP contribution >= 0.6 is 38.5 Å². The molecule has 5 nitrogen and oxygen atoms in total. The topological polar surface area (TPSA) is 59.6 Å². The van der Waals surface area contributed by atoms with Gasteiger partial charge in [-0.3, -0.25) is 9.63 Å². The number of anilines is 2. The third-order valence-corrected chi connectivity index (χ3v) is 4.66. The molecule has 1 amide bonds. The van der Waals surface area contributed by atoms with Gasteiger partial charge in [-0.15, -0.1) is 0 Å². The van der Waals surface area contributed by atoms with Gasteiger partial charge >= 0.3 is 0 Å². The molecule has 140 valence electrons. The zero-order chi connectivity index (χ0) is 19.3. The van der Waals surface area contributed by atoms with Crippen molar-refractivity contribution in [2.24, 2.45) is 0 Å². The number of nitrogens with one attached hydrogen (secondary N) is 2. The van der Waals surface area contributed by atoms with Crippen LogP contribution in [0.5, 0.6) is 0 Å². The summed E-state index contributed by atoms with van der Waals surface area (Å²) in [5, 5.41) is 2.81. The summed E-state index contributed by atoms with van der Waals surface area (Å²) < 4.78 is 34.2. The Morgan fingerprint density at radius 3 is 2.62 bits per heavy atom. The second kappa shape index (κ2) is 9.58. The molecule has 0 saturated carbocycles. The number of hydrogen-bond donors (Lipinski definition) is 2. The Bertz CT molecular complexity index is 821. The van der Waals surface area contributed by atoms with E-state index in [1.165, 1.54) is 13.2 Å². The standard InChI is InChI=1S/C17H16BrF2IN2O3/c1-9-7-10(21)3-4-13(9)22-16-11(8-12(18)14(19)15(16)20)17(24)23-26-6-5-25-2/h3-4,7-8,22H,5-6H2,1-2H3,(H,23,24). The lowest BCUT2D eigenvalue weighted by molar-refractivity contribution is 0.00891. The molecule has 0 unspecified atom stereocenters. The Hall–Kier alpha value is -1.30. The first-order chi connectivity index (χ1) is 12.3. The highest BCUT2D eigenvalue weighted by Gasteiger charge is 2.22. The van der Waals surface area contributed by atoms with Crippen LogP contribution in [0.3, 0.4) is 0 Å². The summed E-state index contributed by atoms with van der Waals surface area (Å²) in [4.78, 5) is 17.3. The molecule has 2 aromatic carbocycles. The maximum atomic E-state index is 14.5. The van der Waals surface area contributed by atoms with E-state index in [-0.39, 0.29) is 28.9 Å². The van der Waals surface area contributed by atoms with Gasteiger partial charge in [0.15, 0.2) is 11.6 Å². The Balaban J connectivity index is 2.36. The molecule has 0 aliphatic carbocycles. The number of carbonyl (C=O) groups excluding carboxylic acids is 1. The number of carbonyl (C=O) groups is 1. The normalized spacial score (nSPS) is 10.7. The van der Waals surface area contributed by atoms with E-state index < -0.39 is 17.5 Å². The molecule has 0 fully saturated rings. The van der Waals surface area contributed by atoms with Crippen LogP contribution in [0.15, 0.2) is 28.7 Å². The minimum absolute atomic E-state index is 0.105. The lowest BCUT2D eigenvalue weighted by Crippen LogP contribution is -2.26. The quantitative estimate of drug-likeness (QED) is 0.231. The van der Waals surface area contributed by atoms with E-state index in [4.69, 9.17) is 9.57 Å². The number of rotatable bonds is 7. The number of ether oxygens (including phenoxy) is 1. The highest BCUT2D eigenvalue weighted by molar-refractivity contribution is 14.1. The van der Waals surface area contributed by atoms with Crippen molar-refractivity contribution >= 4 is 55.8 Å². The van der Waals surface area contributed by atoms with Crippen molar-refractivity contribution in [3.05, 3.63) is 55.1 Å². The van der Waals surface area contributed by atoms with Gasteiger partial charge in [0.05, 0.1) is 28.9 Å². The molecule has 26 heavy (non-hydrogen) atoms. The molecule has 0 saturated heterocycles. The van der Waals surface area contributed by atoms with E-state index >= 15 is 0 Å². The maximum Gasteiger partial charge on any atom is 0.277 e. The summed E-state index contributed by atoms with van der Waals surface area (Å²) in [6, 6.07) is 6.62. The van der Waals surface area contributed by atoms with Gasteiger partial charge in [-0.1, -0.05) is 0 Å². The van der Waals surface area contributed by atoms with Gasteiger partial charge in [-0.05, 0) is 75.3 Å². The van der Waals surface area contributed by atoms with Crippen LogP contribution in [0.2, 0.25) is 0 Å². The number of benzene rings is 2. The maximum absolute atomic E-state index is 14.5. The molecular weight excluding hydrogens is 525 g/mol. The molecule has 2 N–H and O–H groups in total. The number of hydroxylamine groups is 1. The number of hydrogen-bond acceptors (Lipinski definition) is 4. The zero-order valence-corrected chi connectivity index (χ0v) is 17.7. The summed E-state index contributed by atoms with van der Waals surface area (Å²) in [5.41, 5.74) is 3.18. The highest BCUT2D eigenvalue weighted by atomic mass is 127. The van der Waals surface area contributed by atoms with Crippen LogP contribution in [-0.4, -0.2) is 26.2 Å². The lowest BCUT2D eigenvalue weighted by Gasteiger charge is -2.16. The van der Waals surface area contributed by atoms with E-state index in [1.54, 1.807) is 6.07 Å². The fraction of sp³-hybridized carbons (Fsp3) is 0.235. The predicted molar refractivity (Wildman–Crippen MR) is 107 cm³/mol. The van der Waals surface area contributed by atoms with Gasteiger partial charge in [0.1, 0.15) is 0 Å². The first kappa shape index (κ1) is 21.0. The van der Waals surface area contributed by atoms with E-state index in [1.807, 2.05) is 19.1 Å². The molecule has 0 atom stereocenters. The van der Waals surface area contributed by atoms with Crippen molar-refractivity contribution in [3.8, 4) is 0 Å². The van der Waals surface area contributed by atoms with Crippen LogP contribution in [0.1, 0.15) is 15.9 Å². The van der Waals surface area contributed by atoms with E-state index in [9.17, 15) is 13.6 Å². The van der Waals surface area contributed by atoms with E-state index in [0.717, 1.165) is 9.13 Å². The fourth-order valence-corrected chi connectivity index (χ4v) is 3.14. The van der Waals surface area contributed by atoms with Crippen molar-refractivity contribution in [1.29, 1.82) is 0 Å². The minimum Gasteiger partial charge on any atom is -0.382 e. The molecule has 0 aliphatic rings. The molecule has 2 aromatic rings. The molecule has 0 heterocycles. The molecule has 0 radical (unpaired) electrons. The second-order valence-corrected chi connectivity index (χ2v) is 7.37. The number of amides is 1. The molecule has 0 spiro atoms. The van der Waals surface area contributed by atoms with Gasteiger partial charge in [0, 0.05) is 16.4 Å². The van der Waals surface area contributed by atoms with Crippen molar-refractivity contribution in [2.75, 3.05) is 25.6 Å². The van der Waals surface area contributed by atoms with Crippen LogP contribution in [0.25, 0.3) is 0 Å².